The number of urea groups is 1. The van der Waals surface area contributed by atoms with Gasteiger partial charge in [0.25, 0.3) is 11.8 Å². The van der Waals surface area contributed by atoms with E-state index in [9.17, 15) is 19.2 Å². The third kappa shape index (κ3) is 4.91. The van der Waals surface area contributed by atoms with Crippen LogP contribution in [0.1, 0.15) is 15.9 Å². The number of barbiturate groups is 1. The molecule has 1 aliphatic heterocycles. The standard InChI is InChI=1S/C26H19ClN2O7/c1-34-17-10-8-16(9-11-17)29-24(31)19(23(30)28-26(29)33)13-15-7-12-21(22(14-15)35-2)36-25(32)18-5-3-4-6-20(18)27/h3-14H,1-2H3,(H,28,30,33). The molecule has 10 heteroatoms. The number of carbonyl (C=O) groups is 4. The van der Waals surface area contributed by atoms with Gasteiger partial charge in [0.1, 0.15) is 11.3 Å². The number of nitrogens with zero attached hydrogens (tertiary/aromatic N) is 1. The number of anilines is 1. The number of carbonyl (C=O) groups excluding carboxylic acids is 4. The number of benzene rings is 3. The molecule has 36 heavy (non-hydrogen) atoms. The van der Waals surface area contributed by atoms with Crippen molar-refractivity contribution in [1.29, 1.82) is 0 Å². The zero-order valence-electron chi connectivity index (χ0n) is 19.1. The average molecular weight is 507 g/mol. The predicted octanol–water partition coefficient (Wildman–Crippen LogP) is 4.24. The second-order valence-electron chi connectivity index (χ2n) is 7.44. The zero-order chi connectivity index (χ0) is 25.8. The number of hydrogen-bond acceptors (Lipinski definition) is 7. The van der Waals surface area contributed by atoms with Crippen LogP contribution in [0.25, 0.3) is 6.08 Å². The van der Waals surface area contributed by atoms with Gasteiger partial charge in [-0.15, -0.1) is 0 Å². The van der Waals surface area contributed by atoms with Gasteiger partial charge in [-0.2, -0.15) is 0 Å². The highest BCUT2D eigenvalue weighted by atomic mass is 35.5. The van der Waals surface area contributed by atoms with E-state index in [0.717, 1.165) is 4.90 Å². The zero-order valence-corrected chi connectivity index (χ0v) is 19.9. The number of ether oxygens (including phenoxy) is 3. The molecule has 9 nitrogen and oxygen atoms in total. The van der Waals surface area contributed by atoms with Crippen molar-refractivity contribution < 1.29 is 33.4 Å². The van der Waals surface area contributed by atoms with E-state index in [2.05, 4.69) is 5.32 Å². The van der Waals surface area contributed by atoms with Crippen molar-refractivity contribution in [3.05, 3.63) is 88.5 Å². The quantitative estimate of drug-likeness (QED) is 0.230. The van der Waals surface area contributed by atoms with E-state index >= 15 is 0 Å². The lowest BCUT2D eigenvalue weighted by Gasteiger charge is -2.26. The first-order valence-electron chi connectivity index (χ1n) is 10.5. The molecule has 1 aliphatic rings. The number of hydrogen-bond donors (Lipinski definition) is 1. The number of rotatable bonds is 6. The molecule has 0 unspecified atom stereocenters. The maximum Gasteiger partial charge on any atom is 0.345 e. The summed E-state index contributed by atoms with van der Waals surface area (Å²) in [6.07, 6.45) is 1.31. The van der Waals surface area contributed by atoms with E-state index in [1.807, 2.05) is 0 Å². The van der Waals surface area contributed by atoms with Gasteiger partial charge in [-0.25, -0.2) is 14.5 Å². The van der Waals surface area contributed by atoms with Crippen molar-refractivity contribution >= 4 is 47.2 Å². The molecule has 0 radical (unpaired) electrons. The Morgan fingerprint density at radius 2 is 1.64 bits per heavy atom. The molecule has 3 aromatic rings. The maximum absolute atomic E-state index is 13.1. The second kappa shape index (κ2) is 10.3. The highest BCUT2D eigenvalue weighted by molar-refractivity contribution is 6.39. The van der Waals surface area contributed by atoms with Gasteiger partial charge in [-0.1, -0.05) is 29.8 Å². The maximum atomic E-state index is 13.1. The third-order valence-electron chi connectivity index (χ3n) is 5.23. The molecule has 3 aromatic carbocycles. The van der Waals surface area contributed by atoms with Crippen LogP contribution in [0, 0.1) is 0 Å². The number of halogens is 1. The Morgan fingerprint density at radius 1 is 0.917 bits per heavy atom. The number of methoxy groups -OCH3 is 2. The van der Waals surface area contributed by atoms with E-state index in [-0.39, 0.29) is 33.3 Å². The Morgan fingerprint density at radius 3 is 2.31 bits per heavy atom. The molecule has 1 N–H and O–H groups in total. The van der Waals surface area contributed by atoms with Crippen LogP contribution in [-0.4, -0.2) is 38.0 Å². The summed E-state index contributed by atoms with van der Waals surface area (Å²) in [5, 5.41) is 2.40. The van der Waals surface area contributed by atoms with Crippen molar-refractivity contribution in [2.75, 3.05) is 19.1 Å². The molecule has 4 rings (SSSR count). The van der Waals surface area contributed by atoms with Crippen molar-refractivity contribution in [1.82, 2.24) is 5.32 Å². The Kier molecular flexibility index (Phi) is 7.03. The van der Waals surface area contributed by atoms with Crippen LogP contribution in [0.5, 0.6) is 17.2 Å². The fourth-order valence-electron chi connectivity index (χ4n) is 3.43. The first-order valence-corrected chi connectivity index (χ1v) is 10.9. The van der Waals surface area contributed by atoms with Crippen molar-refractivity contribution in [2.24, 2.45) is 0 Å². The van der Waals surface area contributed by atoms with Gasteiger partial charge in [0.15, 0.2) is 11.5 Å². The number of esters is 1. The lowest BCUT2D eigenvalue weighted by molar-refractivity contribution is -0.122. The third-order valence-corrected chi connectivity index (χ3v) is 5.56. The summed E-state index contributed by atoms with van der Waals surface area (Å²) in [7, 11) is 2.87. The SMILES string of the molecule is COc1ccc(N2C(=O)NC(=O)C(=Cc3ccc(OC(=O)c4ccccc4Cl)c(OC)c3)C2=O)cc1. The molecular weight excluding hydrogens is 488 g/mol. The smallest absolute Gasteiger partial charge is 0.345 e. The fourth-order valence-corrected chi connectivity index (χ4v) is 3.64. The molecule has 0 spiro atoms. The number of imide groups is 2. The van der Waals surface area contributed by atoms with Gasteiger partial charge in [0, 0.05) is 0 Å². The molecule has 182 valence electrons. The molecule has 0 atom stereocenters. The van der Waals surface area contributed by atoms with Crippen molar-refractivity contribution in [3.8, 4) is 17.2 Å². The first-order chi connectivity index (χ1) is 17.3. The lowest BCUT2D eigenvalue weighted by atomic mass is 10.1. The summed E-state index contributed by atoms with van der Waals surface area (Å²) in [4.78, 5) is 51.3. The Bertz CT molecular complexity index is 1400. The van der Waals surface area contributed by atoms with Gasteiger partial charge in [-0.05, 0) is 60.2 Å². The summed E-state index contributed by atoms with van der Waals surface area (Å²) in [5.74, 6) is -1.50. The van der Waals surface area contributed by atoms with Crippen LogP contribution in [0.15, 0.2) is 72.3 Å². The van der Waals surface area contributed by atoms with Crippen LogP contribution >= 0.6 is 11.6 Å². The largest absolute Gasteiger partial charge is 0.497 e. The Labute approximate surface area is 210 Å². The molecule has 1 fully saturated rings. The van der Waals surface area contributed by atoms with Gasteiger partial charge in [-0.3, -0.25) is 14.9 Å². The van der Waals surface area contributed by atoms with Gasteiger partial charge in [0.2, 0.25) is 0 Å². The van der Waals surface area contributed by atoms with Crippen LogP contribution < -0.4 is 24.4 Å². The predicted molar refractivity (Wildman–Crippen MR) is 131 cm³/mol. The molecule has 4 amide bonds. The molecule has 0 bridgehead atoms. The normalized spacial score (nSPS) is 14.5. The Hall–Kier alpha value is -4.63. The molecule has 0 aromatic heterocycles. The van der Waals surface area contributed by atoms with Crippen molar-refractivity contribution in [3.63, 3.8) is 0 Å². The highest BCUT2D eigenvalue weighted by Gasteiger charge is 2.36. The average Bonchev–Trinajstić information content (AvgIpc) is 2.87. The molecule has 1 saturated heterocycles. The summed E-state index contributed by atoms with van der Waals surface area (Å²) in [6.45, 7) is 0. The lowest BCUT2D eigenvalue weighted by Crippen LogP contribution is -2.54. The van der Waals surface area contributed by atoms with Crippen molar-refractivity contribution in [2.45, 2.75) is 0 Å². The van der Waals surface area contributed by atoms with E-state index in [1.54, 1.807) is 30.3 Å². The molecule has 0 saturated carbocycles. The number of amides is 4. The van der Waals surface area contributed by atoms with E-state index < -0.39 is 23.8 Å². The minimum Gasteiger partial charge on any atom is -0.497 e. The molecular formula is C26H19ClN2O7. The summed E-state index contributed by atoms with van der Waals surface area (Å²) in [6, 6.07) is 16.3. The molecule has 1 heterocycles. The van der Waals surface area contributed by atoms with Gasteiger partial charge >= 0.3 is 12.0 Å². The summed E-state index contributed by atoms with van der Waals surface area (Å²) in [5.41, 5.74) is 0.566. The number of nitrogens with one attached hydrogen (secondary N) is 1. The Balaban J connectivity index is 1.62. The monoisotopic (exact) mass is 506 g/mol. The van der Waals surface area contributed by atoms with Crippen LogP contribution in [0.3, 0.4) is 0 Å². The first kappa shape index (κ1) is 24.5. The van der Waals surface area contributed by atoms with Gasteiger partial charge < -0.3 is 14.2 Å². The van der Waals surface area contributed by atoms with E-state index in [1.165, 1.54) is 56.7 Å². The topological polar surface area (TPSA) is 111 Å². The van der Waals surface area contributed by atoms with Gasteiger partial charge in [0.05, 0.1) is 30.5 Å². The summed E-state index contributed by atoms with van der Waals surface area (Å²) < 4.78 is 15.8. The van der Waals surface area contributed by atoms with Crippen LogP contribution in [0.4, 0.5) is 10.5 Å². The van der Waals surface area contributed by atoms with E-state index in [4.69, 9.17) is 25.8 Å². The van der Waals surface area contributed by atoms with Crippen LogP contribution in [-0.2, 0) is 9.59 Å². The minimum atomic E-state index is -0.869. The van der Waals surface area contributed by atoms with Crippen LogP contribution in [0.2, 0.25) is 5.02 Å². The minimum absolute atomic E-state index is 0.110. The van der Waals surface area contributed by atoms with E-state index in [0.29, 0.717) is 11.3 Å². The second-order valence-corrected chi connectivity index (χ2v) is 7.84. The molecule has 0 aliphatic carbocycles. The highest BCUT2D eigenvalue weighted by Crippen LogP contribution is 2.31. The fraction of sp³-hybridized carbons (Fsp3) is 0.0769. The summed E-state index contributed by atoms with van der Waals surface area (Å²) >= 11 is 6.06.